The highest BCUT2D eigenvalue weighted by molar-refractivity contribution is 7.92. The number of benzene rings is 2. The fraction of sp³-hybridized carbons (Fsp3) is 0.316. The summed E-state index contributed by atoms with van der Waals surface area (Å²) in [6.07, 6.45) is 0.977. The minimum Gasteiger partial charge on any atom is -0.496 e. The first-order valence-corrected chi connectivity index (χ1v) is 12.1. The van der Waals surface area contributed by atoms with Crippen molar-refractivity contribution in [2.75, 3.05) is 38.3 Å². The van der Waals surface area contributed by atoms with Crippen molar-refractivity contribution in [1.29, 1.82) is 0 Å². The Morgan fingerprint density at radius 2 is 1.60 bits per heavy atom. The normalized spacial score (nSPS) is 11.9. The molecule has 0 unspecified atom stereocenters. The molecule has 2 rings (SSSR count). The second-order valence-electron chi connectivity index (χ2n) is 6.64. The van der Waals surface area contributed by atoms with Crippen molar-refractivity contribution < 1.29 is 26.4 Å². The number of ether oxygens (including phenoxy) is 1. The smallest absolute Gasteiger partial charge is 0.242 e. The molecule has 30 heavy (non-hydrogen) atoms. The van der Waals surface area contributed by atoms with E-state index >= 15 is 0 Å². The summed E-state index contributed by atoms with van der Waals surface area (Å²) in [6.45, 7) is -0.284. The van der Waals surface area contributed by atoms with Gasteiger partial charge in [-0.2, -0.15) is 0 Å². The van der Waals surface area contributed by atoms with Gasteiger partial charge in [0, 0.05) is 26.2 Å². The Morgan fingerprint density at radius 3 is 2.13 bits per heavy atom. The van der Waals surface area contributed by atoms with Crippen molar-refractivity contribution >= 4 is 31.6 Å². The molecule has 164 valence electrons. The summed E-state index contributed by atoms with van der Waals surface area (Å²) in [4.78, 5) is 12.4. The van der Waals surface area contributed by atoms with Crippen LogP contribution >= 0.6 is 0 Å². The van der Waals surface area contributed by atoms with Gasteiger partial charge in [0.25, 0.3) is 0 Å². The van der Waals surface area contributed by atoms with E-state index in [2.05, 4.69) is 5.32 Å². The van der Waals surface area contributed by atoms with E-state index in [0.29, 0.717) is 5.75 Å². The standard InChI is InChI=1S/C19H25N3O6S2/c1-21(2)30(26,27)17-11-9-16(10-12-17)22(29(4,24)25)14-19(23)20-13-15-7-5-6-8-18(15)28-3/h5-12H,13-14H2,1-4H3,(H,20,23). The molecule has 11 heteroatoms. The molecule has 2 aromatic carbocycles. The average molecular weight is 456 g/mol. The molecule has 0 radical (unpaired) electrons. The lowest BCUT2D eigenvalue weighted by molar-refractivity contribution is -0.119. The van der Waals surface area contributed by atoms with E-state index in [1.165, 1.54) is 45.5 Å². The Balaban J connectivity index is 2.18. The van der Waals surface area contributed by atoms with Gasteiger partial charge in [-0.25, -0.2) is 21.1 Å². The van der Waals surface area contributed by atoms with E-state index in [-0.39, 0.29) is 17.1 Å². The van der Waals surface area contributed by atoms with Crippen LogP contribution in [0.15, 0.2) is 53.4 Å². The Morgan fingerprint density at radius 1 is 1.00 bits per heavy atom. The van der Waals surface area contributed by atoms with E-state index in [0.717, 1.165) is 20.4 Å². The van der Waals surface area contributed by atoms with Crippen molar-refractivity contribution in [3.63, 3.8) is 0 Å². The van der Waals surface area contributed by atoms with E-state index in [4.69, 9.17) is 4.74 Å². The third-order valence-electron chi connectivity index (χ3n) is 4.26. The molecule has 0 saturated heterocycles. The molecular weight excluding hydrogens is 430 g/mol. The fourth-order valence-corrected chi connectivity index (χ4v) is 4.38. The van der Waals surface area contributed by atoms with Crippen LogP contribution < -0.4 is 14.4 Å². The molecule has 0 heterocycles. The number of methoxy groups -OCH3 is 1. The molecule has 0 fully saturated rings. The third-order valence-corrected chi connectivity index (χ3v) is 7.23. The number of hydrogen-bond donors (Lipinski definition) is 1. The molecule has 1 amide bonds. The van der Waals surface area contributed by atoms with Gasteiger partial charge in [0.05, 0.1) is 23.9 Å². The van der Waals surface area contributed by atoms with Gasteiger partial charge in [-0.3, -0.25) is 9.10 Å². The number of rotatable bonds is 9. The number of carbonyl (C=O) groups is 1. The van der Waals surface area contributed by atoms with Gasteiger partial charge in [0.1, 0.15) is 12.3 Å². The van der Waals surface area contributed by atoms with Gasteiger partial charge in [-0.05, 0) is 30.3 Å². The lowest BCUT2D eigenvalue weighted by Crippen LogP contribution is -2.40. The number of anilines is 1. The molecule has 0 atom stereocenters. The Bertz CT molecular complexity index is 1100. The fourth-order valence-electron chi connectivity index (χ4n) is 2.62. The summed E-state index contributed by atoms with van der Waals surface area (Å²) in [5.74, 6) is 0.0896. The first-order chi connectivity index (χ1) is 14.0. The molecular formula is C19H25N3O6S2. The van der Waals surface area contributed by atoms with Gasteiger partial charge >= 0.3 is 0 Å². The van der Waals surface area contributed by atoms with Gasteiger partial charge < -0.3 is 10.1 Å². The number of nitrogens with one attached hydrogen (secondary N) is 1. The van der Waals surface area contributed by atoms with E-state index < -0.39 is 32.5 Å². The summed E-state index contributed by atoms with van der Waals surface area (Å²) in [6, 6.07) is 12.5. The summed E-state index contributed by atoms with van der Waals surface area (Å²) < 4.78 is 56.0. The van der Waals surface area contributed by atoms with Crippen molar-refractivity contribution in [3.05, 3.63) is 54.1 Å². The molecule has 0 spiro atoms. The van der Waals surface area contributed by atoms with Crippen molar-refractivity contribution in [3.8, 4) is 5.75 Å². The first-order valence-electron chi connectivity index (χ1n) is 8.85. The predicted molar refractivity (Wildman–Crippen MR) is 114 cm³/mol. The zero-order valence-electron chi connectivity index (χ0n) is 17.2. The highest BCUT2D eigenvalue weighted by Crippen LogP contribution is 2.22. The zero-order valence-corrected chi connectivity index (χ0v) is 18.8. The highest BCUT2D eigenvalue weighted by atomic mass is 32.2. The molecule has 2 aromatic rings. The van der Waals surface area contributed by atoms with Crippen LogP contribution in [0.4, 0.5) is 5.69 Å². The average Bonchev–Trinajstić information content (AvgIpc) is 2.69. The molecule has 0 bridgehead atoms. The van der Waals surface area contributed by atoms with Crippen LogP contribution in [0.3, 0.4) is 0 Å². The zero-order chi connectivity index (χ0) is 22.5. The second-order valence-corrected chi connectivity index (χ2v) is 10.7. The number of carbonyl (C=O) groups excluding carboxylic acids is 1. The summed E-state index contributed by atoms with van der Waals surface area (Å²) >= 11 is 0. The summed E-state index contributed by atoms with van der Waals surface area (Å²) in [5, 5.41) is 2.67. The van der Waals surface area contributed by atoms with Crippen molar-refractivity contribution in [1.82, 2.24) is 9.62 Å². The van der Waals surface area contributed by atoms with Crippen LogP contribution in [-0.4, -0.2) is 61.1 Å². The van der Waals surface area contributed by atoms with Gasteiger partial charge in [-0.15, -0.1) is 0 Å². The van der Waals surface area contributed by atoms with Gasteiger partial charge in [0.15, 0.2) is 0 Å². The molecule has 1 N–H and O–H groups in total. The molecule has 0 saturated carbocycles. The maximum absolute atomic E-state index is 12.4. The molecule has 0 aliphatic heterocycles. The van der Waals surface area contributed by atoms with Crippen LogP contribution in [-0.2, 0) is 31.4 Å². The lowest BCUT2D eigenvalue weighted by atomic mass is 10.2. The highest BCUT2D eigenvalue weighted by Gasteiger charge is 2.23. The topological polar surface area (TPSA) is 113 Å². The predicted octanol–water partition coefficient (Wildman–Crippen LogP) is 1.03. The van der Waals surface area contributed by atoms with E-state index in [1.807, 2.05) is 0 Å². The Kier molecular flexibility index (Phi) is 7.45. The maximum atomic E-state index is 12.4. The third kappa shape index (κ3) is 5.71. The van der Waals surface area contributed by atoms with Crippen LogP contribution in [0.5, 0.6) is 5.75 Å². The van der Waals surface area contributed by atoms with Crippen LogP contribution in [0, 0.1) is 0 Å². The molecule has 0 aromatic heterocycles. The quantitative estimate of drug-likeness (QED) is 0.604. The van der Waals surface area contributed by atoms with Crippen LogP contribution in [0.25, 0.3) is 0 Å². The van der Waals surface area contributed by atoms with Gasteiger partial charge in [0.2, 0.25) is 26.0 Å². The Hall–Kier alpha value is -2.63. The molecule has 0 aliphatic rings. The van der Waals surface area contributed by atoms with Crippen LogP contribution in [0.1, 0.15) is 5.56 Å². The van der Waals surface area contributed by atoms with Crippen LogP contribution in [0.2, 0.25) is 0 Å². The minimum atomic E-state index is -3.79. The number of sulfonamides is 2. The number of para-hydroxylation sites is 1. The van der Waals surface area contributed by atoms with Gasteiger partial charge in [-0.1, -0.05) is 18.2 Å². The number of amides is 1. The van der Waals surface area contributed by atoms with Crippen molar-refractivity contribution in [2.45, 2.75) is 11.4 Å². The first kappa shape index (κ1) is 23.6. The SMILES string of the molecule is COc1ccccc1CNC(=O)CN(c1ccc(S(=O)(=O)N(C)C)cc1)S(C)(=O)=O. The molecule has 9 nitrogen and oxygen atoms in total. The lowest BCUT2D eigenvalue weighted by Gasteiger charge is -2.22. The summed E-state index contributed by atoms with van der Waals surface area (Å²) in [7, 11) is -3.11. The Labute approximate surface area is 177 Å². The second kappa shape index (κ2) is 9.45. The monoisotopic (exact) mass is 455 g/mol. The van der Waals surface area contributed by atoms with Crippen molar-refractivity contribution in [2.24, 2.45) is 0 Å². The minimum absolute atomic E-state index is 0.0188. The summed E-state index contributed by atoms with van der Waals surface area (Å²) in [5.41, 5.74) is 0.931. The van der Waals surface area contributed by atoms with E-state index in [1.54, 1.807) is 24.3 Å². The maximum Gasteiger partial charge on any atom is 0.242 e. The number of hydrogen-bond acceptors (Lipinski definition) is 6. The largest absolute Gasteiger partial charge is 0.496 e. The number of nitrogens with zero attached hydrogens (tertiary/aromatic N) is 2. The molecule has 0 aliphatic carbocycles. The van der Waals surface area contributed by atoms with E-state index in [9.17, 15) is 21.6 Å².